The summed E-state index contributed by atoms with van der Waals surface area (Å²) in [6.07, 6.45) is 8.58. The van der Waals surface area contributed by atoms with Crippen LogP contribution in [-0.2, 0) is 0 Å². The van der Waals surface area contributed by atoms with E-state index in [4.69, 9.17) is 6.42 Å². The summed E-state index contributed by atoms with van der Waals surface area (Å²) in [6, 6.07) is 0. The first kappa shape index (κ1) is 7.59. The van der Waals surface area contributed by atoms with Crippen LogP contribution in [0.1, 0.15) is 19.3 Å². The highest BCUT2D eigenvalue weighted by molar-refractivity contribution is 4.83. The molecule has 1 fully saturated rings. The largest absolute Gasteiger partial charge is 0.216 e. The van der Waals surface area contributed by atoms with E-state index in [2.05, 4.69) is 5.92 Å². The van der Waals surface area contributed by atoms with E-state index >= 15 is 0 Å². The molecule has 1 aliphatic heterocycles. The molecular formula is C8H14NO+. The van der Waals surface area contributed by atoms with Crippen LogP contribution in [0.15, 0.2) is 0 Å². The molecule has 0 aliphatic carbocycles. The van der Waals surface area contributed by atoms with E-state index < -0.39 is 0 Å². The van der Waals surface area contributed by atoms with Gasteiger partial charge in [-0.25, -0.2) is 5.21 Å². The minimum atomic E-state index is 0.108. The van der Waals surface area contributed by atoms with Gasteiger partial charge in [0.2, 0.25) is 0 Å². The van der Waals surface area contributed by atoms with Gasteiger partial charge >= 0.3 is 0 Å². The van der Waals surface area contributed by atoms with Crippen molar-refractivity contribution in [3.63, 3.8) is 0 Å². The summed E-state index contributed by atoms with van der Waals surface area (Å²) in [5.74, 6) is 2.50. The molecule has 1 heterocycles. The second-order valence-corrected chi connectivity index (χ2v) is 2.97. The molecule has 1 rings (SSSR count). The number of quaternary nitrogens is 1. The zero-order valence-corrected chi connectivity index (χ0v) is 6.21. The SMILES string of the molecule is C#CC[N+]1(O)CCCCC1. The van der Waals surface area contributed by atoms with Crippen LogP contribution in [0, 0.1) is 12.3 Å². The lowest BCUT2D eigenvalue weighted by molar-refractivity contribution is -1.10. The Morgan fingerprint density at radius 1 is 1.30 bits per heavy atom. The maximum absolute atomic E-state index is 9.67. The summed E-state index contributed by atoms with van der Waals surface area (Å²) in [7, 11) is 0. The van der Waals surface area contributed by atoms with Gasteiger partial charge in [-0.2, -0.15) is 4.65 Å². The van der Waals surface area contributed by atoms with Crippen molar-refractivity contribution in [3.05, 3.63) is 0 Å². The Labute approximate surface area is 62.0 Å². The molecular weight excluding hydrogens is 126 g/mol. The van der Waals surface area contributed by atoms with Crippen LogP contribution in [0.4, 0.5) is 0 Å². The lowest BCUT2D eigenvalue weighted by Crippen LogP contribution is -2.48. The van der Waals surface area contributed by atoms with Crippen molar-refractivity contribution >= 4 is 0 Å². The number of rotatable bonds is 1. The third kappa shape index (κ3) is 1.73. The van der Waals surface area contributed by atoms with Crippen LogP contribution < -0.4 is 0 Å². The Bertz CT molecular complexity index is 142. The van der Waals surface area contributed by atoms with Crippen LogP contribution in [0.2, 0.25) is 0 Å². The zero-order chi connectivity index (χ0) is 7.45. The molecule has 0 aromatic heterocycles. The van der Waals surface area contributed by atoms with Crippen molar-refractivity contribution < 1.29 is 9.85 Å². The number of nitrogens with zero attached hydrogens (tertiary/aromatic N) is 1. The van der Waals surface area contributed by atoms with Crippen LogP contribution in [-0.4, -0.2) is 29.5 Å². The van der Waals surface area contributed by atoms with Gasteiger partial charge in [-0.15, -0.1) is 6.42 Å². The van der Waals surface area contributed by atoms with Crippen molar-refractivity contribution in [1.82, 2.24) is 0 Å². The smallest absolute Gasteiger partial charge is 0.170 e. The van der Waals surface area contributed by atoms with Crippen LogP contribution >= 0.6 is 0 Å². The van der Waals surface area contributed by atoms with Gasteiger partial charge in [0.25, 0.3) is 0 Å². The maximum Gasteiger partial charge on any atom is 0.170 e. The highest BCUT2D eigenvalue weighted by atomic mass is 16.5. The number of likely N-dealkylation sites (tertiary alicyclic amines) is 1. The van der Waals surface area contributed by atoms with E-state index in [0.29, 0.717) is 6.54 Å². The normalized spacial score (nSPS) is 23.6. The van der Waals surface area contributed by atoms with E-state index in [9.17, 15) is 5.21 Å². The maximum atomic E-state index is 9.67. The zero-order valence-electron chi connectivity index (χ0n) is 6.21. The molecule has 0 spiro atoms. The molecule has 2 nitrogen and oxygen atoms in total. The average Bonchev–Trinajstić information content (AvgIpc) is 1.89. The molecule has 0 amide bonds. The molecule has 0 bridgehead atoms. The van der Waals surface area contributed by atoms with Crippen LogP contribution in [0.25, 0.3) is 0 Å². The third-order valence-electron chi connectivity index (χ3n) is 2.03. The summed E-state index contributed by atoms with van der Waals surface area (Å²) in [5, 5.41) is 9.67. The first-order chi connectivity index (χ1) is 4.77. The van der Waals surface area contributed by atoms with Gasteiger partial charge in [-0.1, -0.05) is 0 Å². The van der Waals surface area contributed by atoms with Gasteiger partial charge in [-0.05, 0) is 25.2 Å². The molecule has 0 aromatic carbocycles. The average molecular weight is 140 g/mol. The van der Waals surface area contributed by atoms with Crippen molar-refractivity contribution in [1.29, 1.82) is 0 Å². The quantitative estimate of drug-likeness (QED) is 0.425. The van der Waals surface area contributed by atoms with E-state index in [1.54, 1.807) is 0 Å². The molecule has 10 heavy (non-hydrogen) atoms. The third-order valence-corrected chi connectivity index (χ3v) is 2.03. The van der Waals surface area contributed by atoms with E-state index in [0.717, 1.165) is 25.9 Å². The van der Waals surface area contributed by atoms with E-state index in [1.165, 1.54) is 6.42 Å². The Morgan fingerprint density at radius 2 is 1.90 bits per heavy atom. The molecule has 1 saturated heterocycles. The molecule has 0 unspecified atom stereocenters. The summed E-state index contributed by atoms with van der Waals surface area (Å²) in [5.41, 5.74) is 0. The van der Waals surface area contributed by atoms with Gasteiger partial charge in [0.15, 0.2) is 6.54 Å². The highest BCUT2D eigenvalue weighted by Crippen LogP contribution is 2.14. The molecule has 2 heteroatoms. The van der Waals surface area contributed by atoms with E-state index in [1.807, 2.05) is 0 Å². The molecule has 0 aromatic rings. The molecule has 0 radical (unpaired) electrons. The fourth-order valence-electron chi connectivity index (χ4n) is 1.43. The summed E-state index contributed by atoms with van der Waals surface area (Å²) < 4.78 is 0.108. The molecule has 0 saturated carbocycles. The predicted octanol–water partition coefficient (Wildman–Crippen LogP) is 1.01. The Morgan fingerprint density at radius 3 is 2.40 bits per heavy atom. The first-order valence-electron chi connectivity index (χ1n) is 3.79. The number of hydrogen-bond acceptors (Lipinski definition) is 1. The van der Waals surface area contributed by atoms with Gasteiger partial charge in [0.05, 0.1) is 0 Å². The summed E-state index contributed by atoms with van der Waals surface area (Å²) in [4.78, 5) is 0. The van der Waals surface area contributed by atoms with Crippen molar-refractivity contribution in [3.8, 4) is 12.3 Å². The van der Waals surface area contributed by atoms with Gasteiger partial charge in [-0.3, -0.25) is 0 Å². The fraction of sp³-hybridized carbons (Fsp3) is 0.750. The highest BCUT2D eigenvalue weighted by Gasteiger charge is 2.26. The lowest BCUT2D eigenvalue weighted by atomic mass is 10.1. The number of hydroxylamine groups is 3. The standard InChI is InChI=1S/C8H14NO/c1-2-6-9(10)7-4-3-5-8-9/h1,10H,3-8H2/q+1. The van der Waals surface area contributed by atoms with Gasteiger partial charge in [0, 0.05) is 0 Å². The van der Waals surface area contributed by atoms with Gasteiger partial charge in [0.1, 0.15) is 13.1 Å². The minimum Gasteiger partial charge on any atom is -0.216 e. The Hall–Kier alpha value is -0.520. The van der Waals surface area contributed by atoms with Crippen molar-refractivity contribution in [2.75, 3.05) is 19.6 Å². The minimum absolute atomic E-state index is 0.108. The number of terminal acetylenes is 1. The van der Waals surface area contributed by atoms with Crippen molar-refractivity contribution in [2.45, 2.75) is 19.3 Å². The second-order valence-electron chi connectivity index (χ2n) is 2.97. The summed E-state index contributed by atoms with van der Waals surface area (Å²) >= 11 is 0. The number of piperidine rings is 1. The van der Waals surface area contributed by atoms with Crippen LogP contribution in [0.5, 0.6) is 0 Å². The molecule has 0 atom stereocenters. The lowest BCUT2D eigenvalue weighted by Gasteiger charge is -2.31. The molecule has 56 valence electrons. The predicted molar refractivity (Wildman–Crippen MR) is 39.3 cm³/mol. The Kier molecular flexibility index (Phi) is 2.31. The molecule has 1 N–H and O–H groups in total. The summed E-state index contributed by atoms with van der Waals surface area (Å²) in [6.45, 7) is 2.15. The molecule has 1 aliphatic rings. The van der Waals surface area contributed by atoms with Gasteiger partial charge < -0.3 is 0 Å². The fourth-order valence-corrected chi connectivity index (χ4v) is 1.43. The first-order valence-corrected chi connectivity index (χ1v) is 3.79. The Balaban J connectivity index is 2.42. The van der Waals surface area contributed by atoms with Crippen LogP contribution in [0.3, 0.4) is 0 Å². The van der Waals surface area contributed by atoms with E-state index in [-0.39, 0.29) is 4.65 Å². The monoisotopic (exact) mass is 140 g/mol. The second kappa shape index (κ2) is 3.05. The number of hydrogen-bond donors (Lipinski definition) is 1. The van der Waals surface area contributed by atoms with Crippen molar-refractivity contribution in [2.24, 2.45) is 0 Å². The topological polar surface area (TPSA) is 20.2 Å².